The van der Waals surface area contributed by atoms with Crippen LogP contribution in [0.2, 0.25) is 0 Å². The highest BCUT2D eigenvalue weighted by Crippen LogP contribution is 2.18. The van der Waals surface area contributed by atoms with Gasteiger partial charge in [0.15, 0.2) is 0 Å². The van der Waals surface area contributed by atoms with Crippen LogP contribution in [0.5, 0.6) is 5.75 Å². The Bertz CT molecular complexity index is 722. The van der Waals surface area contributed by atoms with E-state index in [9.17, 15) is 4.79 Å². The number of hydrogen-bond donors (Lipinski definition) is 5. The molecule has 2 aromatic carbocycles. The summed E-state index contributed by atoms with van der Waals surface area (Å²) in [6.07, 6.45) is -0.318. The molecule has 7 heteroatoms. The first-order valence-electron chi connectivity index (χ1n) is 7.70. The number of carbonyl (C=O) groups is 1. The van der Waals surface area contributed by atoms with Crippen molar-refractivity contribution in [3.8, 4) is 5.75 Å². The lowest BCUT2D eigenvalue weighted by molar-refractivity contribution is -0.118. The first-order valence-corrected chi connectivity index (χ1v) is 7.70. The summed E-state index contributed by atoms with van der Waals surface area (Å²) in [7, 11) is 1.62. The molecule has 24 heavy (non-hydrogen) atoms. The number of anilines is 2. The zero-order valence-electron chi connectivity index (χ0n) is 13.6. The molecule has 0 radical (unpaired) electrons. The van der Waals surface area contributed by atoms with E-state index in [0.29, 0.717) is 0 Å². The highest BCUT2D eigenvalue weighted by atomic mass is 16.5. The quantitative estimate of drug-likeness (QED) is 0.570. The third-order valence-electron chi connectivity index (χ3n) is 3.75. The summed E-state index contributed by atoms with van der Waals surface area (Å²) in [6, 6.07) is 14.7. The van der Waals surface area contributed by atoms with Crippen LogP contribution in [-0.2, 0) is 4.79 Å². The van der Waals surface area contributed by atoms with Gasteiger partial charge in [0.05, 0.1) is 7.11 Å². The van der Waals surface area contributed by atoms with E-state index in [4.69, 9.17) is 4.74 Å². The predicted octanol–water partition coefficient (Wildman–Crippen LogP) is 1.36. The minimum Gasteiger partial charge on any atom is -0.497 e. The Kier molecular flexibility index (Phi) is 4.95. The van der Waals surface area contributed by atoms with Gasteiger partial charge in [0, 0.05) is 17.4 Å². The molecule has 0 aliphatic carbocycles. The normalized spacial score (nSPS) is 19.8. The van der Waals surface area contributed by atoms with Crippen LogP contribution in [0.4, 0.5) is 11.4 Å². The van der Waals surface area contributed by atoms with Gasteiger partial charge in [-0.25, -0.2) is 10.9 Å². The van der Waals surface area contributed by atoms with Crippen LogP contribution in [0, 0.1) is 6.92 Å². The van der Waals surface area contributed by atoms with Crippen LogP contribution in [0.25, 0.3) is 0 Å². The molecule has 0 spiro atoms. The van der Waals surface area contributed by atoms with E-state index in [1.54, 1.807) is 7.11 Å². The van der Waals surface area contributed by atoms with Gasteiger partial charge in [-0.05, 0) is 36.8 Å². The van der Waals surface area contributed by atoms with Crippen LogP contribution in [0.3, 0.4) is 0 Å². The predicted molar refractivity (Wildman–Crippen MR) is 93.4 cm³/mol. The summed E-state index contributed by atoms with van der Waals surface area (Å²) in [4.78, 5) is 12.5. The number of carbonyl (C=O) groups excluding carboxylic acids is 1. The number of nitrogens with one attached hydrogen (secondary N) is 5. The summed E-state index contributed by atoms with van der Waals surface area (Å²) >= 11 is 0. The smallest absolute Gasteiger partial charge is 0.246 e. The van der Waals surface area contributed by atoms with E-state index < -0.39 is 6.04 Å². The van der Waals surface area contributed by atoms with Crippen LogP contribution in [0.15, 0.2) is 48.5 Å². The second-order valence-corrected chi connectivity index (χ2v) is 5.60. The summed E-state index contributed by atoms with van der Waals surface area (Å²) < 4.78 is 5.21. The molecule has 0 bridgehead atoms. The first kappa shape index (κ1) is 16.3. The maximum atomic E-state index is 12.5. The van der Waals surface area contributed by atoms with Crippen molar-refractivity contribution in [3.63, 3.8) is 0 Å². The van der Waals surface area contributed by atoms with Crippen molar-refractivity contribution in [1.82, 2.24) is 16.4 Å². The number of hydrogen-bond acceptors (Lipinski definition) is 6. The fraction of sp³-hybridized carbons (Fsp3) is 0.235. The van der Waals surface area contributed by atoms with E-state index in [1.165, 1.54) is 0 Å². The van der Waals surface area contributed by atoms with Gasteiger partial charge < -0.3 is 15.4 Å². The molecule has 0 aromatic heterocycles. The molecule has 1 fully saturated rings. The van der Waals surface area contributed by atoms with Gasteiger partial charge in [-0.2, -0.15) is 5.53 Å². The molecule has 1 heterocycles. The van der Waals surface area contributed by atoms with Crippen molar-refractivity contribution in [1.29, 1.82) is 0 Å². The molecule has 2 aromatic rings. The van der Waals surface area contributed by atoms with Crippen molar-refractivity contribution < 1.29 is 9.53 Å². The van der Waals surface area contributed by atoms with Crippen molar-refractivity contribution in [3.05, 3.63) is 54.1 Å². The summed E-state index contributed by atoms with van der Waals surface area (Å²) in [5.41, 5.74) is 11.4. The molecule has 126 valence electrons. The van der Waals surface area contributed by atoms with Gasteiger partial charge >= 0.3 is 0 Å². The maximum Gasteiger partial charge on any atom is 0.246 e. The number of hydrazine groups is 2. The fourth-order valence-electron chi connectivity index (χ4n) is 2.54. The van der Waals surface area contributed by atoms with Gasteiger partial charge in [0.2, 0.25) is 5.91 Å². The molecule has 2 unspecified atom stereocenters. The Balaban J connectivity index is 1.67. The summed E-state index contributed by atoms with van der Waals surface area (Å²) in [6.45, 7) is 1.99. The van der Waals surface area contributed by atoms with Crippen LogP contribution < -0.4 is 31.8 Å². The lowest BCUT2D eigenvalue weighted by Crippen LogP contribution is -2.47. The van der Waals surface area contributed by atoms with Gasteiger partial charge in [-0.3, -0.25) is 4.79 Å². The van der Waals surface area contributed by atoms with Gasteiger partial charge in [-0.15, -0.1) is 0 Å². The SMILES string of the molecule is COc1cccc(NC2NNNC2C(=O)Nc2cccc(C)c2)c1. The average Bonchev–Trinajstić information content (AvgIpc) is 3.03. The molecule has 3 rings (SSSR count). The van der Waals surface area contributed by atoms with Crippen molar-refractivity contribution in [2.24, 2.45) is 0 Å². The molecular formula is C17H21N5O2. The molecule has 2 atom stereocenters. The Morgan fingerprint density at radius 2 is 1.88 bits per heavy atom. The Labute approximate surface area is 140 Å². The number of ether oxygens (including phenoxy) is 1. The number of benzene rings is 2. The van der Waals surface area contributed by atoms with Gasteiger partial charge in [0.25, 0.3) is 0 Å². The monoisotopic (exact) mass is 327 g/mol. The van der Waals surface area contributed by atoms with E-state index in [0.717, 1.165) is 22.7 Å². The van der Waals surface area contributed by atoms with E-state index >= 15 is 0 Å². The third-order valence-corrected chi connectivity index (χ3v) is 3.75. The third kappa shape index (κ3) is 3.83. The largest absolute Gasteiger partial charge is 0.497 e. The van der Waals surface area contributed by atoms with Gasteiger partial charge in [-0.1, -0.05) is 18.2 Å². The number of amides is 1. The Morgan fingerprint density at radius 1 is 1.08 bits per heavy atom. The van der Waals surface area contributed by atoms with Crippen molar-refractivity contribution in [2.75, 3.05) is 17.7 Å². The van der Waals surface area contributed by atoms with Gasteiger partial charge in [0.1, 0.15) is 18.0 Å². The molecule has 1 saturated heterocycles. The molecule has 5 N–H and O–H groups in total. The standard InChI is InChI=1S/C17H21N5O2/c1-11-5-3-6-12(9-11)19-17(23)15-16(21-22-20-15)18-13-7-4-8-14(10-13)24-2/h3-10,15-16,18,20-22H,1-2H3,(H,19,23). The van der Waals surface area contributed by atoms with E-state index in [1.807, 2.05) is 55.5 Å². The fourth-order valence-corrected chi connectivity index (χ4v) is 2.54. The second-order valence-electron chi connectivity index (χ2n) is 5.60. The van der Waals surface area contributed by atoms with E-state index in [-0.39, 0.29) is 12.1 Å². The van der Waals surface area contributed by atoms with Crippen LogP contribution in [0.1, 0.15) is 5.56 Å². The topological polar surface area (TPSA) is 86.5 Å². The van der Waals surface area contributed by atoms with Crippen molar-refractivity contribution >= 4 is 17.3 Å². The highest BCUT2D eigenvalue weighted by molar-refractivity contribution is 5.95. The molecule has 1 amide bonds. The molecular weight excluding hydrogens is 306 g/mol. The minimum atomic E-state index is -0.489. The zero-order chi connectivity index (χ0) is 16.9. The molecule has 1 aliphatic heterocycles. The lowest BCUT2D eigenvalue weighted by Gasteiger charge is -2.20. The molecule has 0 saturated carbocycles. The average molecular weight is 327 g/mol. The first-order chi connectivity index (χ1) is 11.7. The van der Waals surface area contributed by atoms with Crippen molar-refractivity contribution in [2.45, 2.75) is 19.1 Å². The molecule has 7 nitrogen and oxygen atoms in total. The van der Waals surface area contributed by atoms with E-state index in [2.05, 4.69) is 27.0 Å². The van der Waals surface area contributed by atoms with Crippen LogP contribution in [-0.4, -0.2) is 25.2 Å². The minimum absolute atomic E-state index is 0.140. The number of aryl methyl sites for hydroxylation is 1. The summed E-state index contributed by atoms with van der Waals surface area (Å²) in [5, 5.41) is 6.18. The highest BCUT2D eigenvalue weighted by Gasteiger charge is 2.32. The lowest BCUT2D eigenvalue weighted by atomic mass is 10.2. The Morgan fingerprint density at radius 3 is 2.67 bits per heavy atom. The van der Waals surface area contributed by atoms with Crippen LogP contribution >= 0.6 is 0 Å². The summed E-state index contributed by atoms with van der Waals surface area (Å²) in [5.74, 6) is 0.609. The molecule has 1 aliphatic rings. The second kappa shape index (κ2) is 7.31. The Hall–Kier alpha value is -2.61. The number of rotatable bonds is 5. The number of methoxy groups -OCH3 is 1. The maximum absolute atomic E-state index is 12.5. The zero-order valence-corrected chi connectivity index (χ0v) is 13.6.